The fourth-order valence-electron chi connectivity index (χ4n) is 1.68. The summed E-state index contributed by atoms with van der Waals surface area (Å²) in [7, 11) is 0. The number of hydrogen-bond acceptors (Lipinski definition) is 4. The van der Waals surface area contributed by atoms with E-state index in [1.54, 1.807) is 6.07 Å². The Labute approximate surface area is 106 Å². The topological polar surface area (TPSA) is 74.7 Å². The highest BCUT2D eigenvalue weighted by Crippen LogP contribution is 2.20. The van der Waals surface area contributed by atoms with Crippen LogP contribution >= 0.6 is 0 Å². The van der Waals surface area contributed by atoms with Crippen molar-refractivity contribution >= 4 is 16.7 Å². The summed E-state index contributed by atoms with van der Waals surface area (Å²) in [6, 6.07) is 11.6. The molecule has 0 aliphatic rings. The first kappa shape index (κ1) is 12.3. The van der Waals surface area contributed by atoms with E-state index in [1.165, 1.54) is 0 Å². The molecule has 4 heteroatoms. The van der Waals surface area contributed by atoms with Crippen LogP contribution in [0.1, 0.15) is 19.4 Å². The molecule has 0 radical (unpaired) electrons. The minimum absolute atomic E-state index is 0.319. The molecule has 1 heterocycles. The smallest absolute Gasteiger partial charge is 0.128 e. The molecule has 0 spiro atoms. The van der Waals surface area contributed by atoms with Crippen molar-refractivity contribution in [3.8, 4) is 6.07 Å². The average molecular weight is 240 g/mol. The Bertz CT molecular complexity index is 605. The van der Waals surface area contributed by atoms with Crippen LogP contribution in [0.3, 0.4) is 0 Å². The fourth-order valence-corrected chi connectivity index (χ4v) is 1.68. The fraction of sp³-hybridized carbons (Fsp3) is 0.286. The summed E-state index contributed by atoms with van der Waals surface area (Å²) in [5.41, 5.74) is 7.03. The number of hydrogen-bond donors (Lipinski definition) is 2. The molecule has 0 amide bonds. The number of nitrogens with two attached hydrogens (primary N) is 1. The Balaban J connectivity index is 2.39. The van der Waals surface area contributed by atoms with Crippen LogP contribution in [0.25, 0.3) is 10.9 Å². The van der Waals surface area contributed by atoms with Crippen LogP contribution in [0.2, 0.25) is 0 Å². The number of rotatable bonds is 3. The van der Waals surface area contributed by atoms with Gasteiger partial charge in [-0.1, -0.05) is 18.2 Å². The van der Waals surface area contributed by atoms with Crippen LogP contribution in [0.4, 0.5) is 5.82 Å². The zero-order valence-electron chi connectivity index (χ0n) is 10.6. The Morgan fingerprint density at radius 3 is 2.78 bits per heavy atom. The van der Waals surface area contributed by atoms with E-state index >= 15 is 0 Å². The molecule has 18 heavy (non-hydrogen) atoms. The van der Waals surface area contributed by atoms with E-state index < -0.39 is 0 Å². The molecule has 4 nitrogen and oxygen atoms in total. The van der Waals surface area contributed by atoms with Gasteiger partial charge in [-0.25, -0.2) is 4.98 Å². The lowest BCUT2D eigenvalue weighted by molar-refractivity contribution is 0.548. The van der Waals surface area contributed by atoms with Crippen molar-refractivity contribution in [1.29, 1.82) is 5.26 Å². The van der Waals surface area contributed by atoms with Crippen molar-refractivity contribution in [1.82, 2.24) is 4.98 Å². The summed E-state index contributed by atoms with van der Waals surface area (Å²) in [6.45, 7) is 4.47. The van der Waals surface area contributed by atoms with Crippen LogP contribution in [-0.2, 0) is 0 Å². The largest absolute Gasteiger partial charge is 0.368 e. The number of nitrogens with one attached hydrogen (secondary N) is 1. The summed E-state index contributed by atoms with van der Waals surface area (Å²) in [5.74, 6) is 0.684. The van der Waals surface area contributed by atoms with Gasteiger partial charge in [-0.2, -0.15) is 5.26 Å². The number of fused-ring (bicyclic) bond motifs is 1. The number of anilines is 1. The Hall–Kier alpha value is -2.12. The van der Waals surface area contributed by atoms with Crippen LogP contribution in [-0.4, -0.2) is 17.1 Å². The van der Waals surface area contributed by atoms with Gasteiger partial charge in [-0.3, -0.25) is 0 Å². The number of benzene rings is 1. The highest BCUT2D eigenvalue weighted by molar-refractivity contribution is 5.86. The molecule has 0 aliphatic heterocycles. The summed E-state index contributed by atoms with van der Waals surface area (Å²) in [4.78, 5) is 4.47. The van der Waals surface area contributed by atoms with E-state index in [1.807, 2.05) is 38.1 Å². The van der Waals surface area contributed by atoms with Gasteiger partial charge in [0.2, 0.25) is 0 Å². The van der Waals surface area contributed by atoms with Crippen molar-refractivity contribution in [3.63, 3.8) is 0 Å². The van der Waals surface area contributed by atoms with Crippen molar-refractivity contribution < 1.29 is 0 Å². The van der Waals surface area contributed by atoms with Crippen molar-refractivity contribution in [2.45, 2.75) is 19.4 Å². The highest BCUT2D eigenvalue weighted by Gasteiger charge is 2.11. The zero-order chi connectivity index (χ0) is 13.2. The normalized spacial score (nSPS) is 11.2. The predicted octanol–water partition coefficient (Wildman–Crippen LogP) is 2.26. The molecule has 2 aromatic rings. The quantitative estimate of drug-likeness (QED) is 0.863. The maximum absolute atomic E-state index is 9.16. The number of aromatic nitrogens is 1. The first-order valence-electron chi connectivity index (χ1n) is 5.82. The molecule has 0 saturated heterocycles. The van der Waals surface area contributed by atoms with E-state index in [2.05, 4.69) is 16.4 Å². The summed E-state index contributed by atoms with van der Waals surface area (Å²) < 4.78 is 0. The van der Waals surface area contributed by atoms with E-state index in [4.69, 9.17) is 11.0 Å². The first-order chi connectivity index (χ1) is 8.49. The lowest BCUT2D eigenvalue weighted by Crippen LogP contribution is -2.39. The van der Waals surface area contributed by atoms with Crippen LogP contribution < -0.4 is 11.1 Å². The lowest BCUT2D eigenvalue weighted by Gasteiger charge is -2.19. The number of nitrogens with zero attached hydrogens (tertiary/aromatic N) is 2. The number of nitriles is 1. The van der Waals surface area contributed by atoms with Crippen molar-refractivity contribution in [2.75, 3.05) is 11.9 Å². The molecule has 1 aromatic carbocycles. The molecule has 0 unspecified atom stereocenters. The van der Waals surface area contributed by atoms with Gasteiger partial charge in [0.1, 0.15) is 5.82 Å². The minimum atomic E-state index is -0.319. The van der Waals surface area contributed by atoms with Gasteiger partial charge < -0.3 is 11.1 Å². The maximum Gasteiger partial charge on any atom is 0.128 e. The van der Waals surface area contributed by atoms with Gasteiger partial charge in [-0.15, -0.1) is 0 Å². The van der Waals surface area contributed by atoms with E-state index in [-0.39, 0.29) is 5.54 Å². The number of para-hydroxylation sites is 1. The standard InChI is InChI=1S/C14H16N4/c1-14(2,16)9-17-13-7-10(8-15)11-5-3-4-6-12(11)18-13/h3-7H,9,16H2,1-2H3,(H,17,18). The molecule has 0 aliphatic carbocycles. The summed E-state index contributed by atoms with van der Waals surface area (Å²) in [5, 5.41) is 13.2. The zero-order valence-corrected chi connectivity index (χ0v) is 10.6. The van der Waals surface area contributed by atoms with Crippen molar-refractivity contribution in [2.24, 2.45) is 5.73 Å². The average Bonchev–Trinajstić information content (AvgIpc) is 2.34. The Kier molecular flexibility index (Phi) is 3.17. The molecule has 0 saturated carbocycles. The minimum Gasteiger partial charge on any atom is -0.368 e. The van der Waals surface area contributed by atoms with Crippen LogP contribution in [0.15, 0.2) is 30.3 Å². The van der Waals surface area contributed by atoms with Gasteiger partial charge in [0.25, 0.3) is 0 Å². The van der Waals surface area contributed by atoms with E-state index in [0.717, 1.165) is 10.9 Å². The van der Waals surface area contributed by atoms with E-state index in [0.29, 0.717) is 17.9 Å². The third-order valence-corrected chi connectivity index (χ3v) is 2.56. The predicted molar refractivity (Wildman–Crippen MR) is 73.2 cm³/mol. The maximum atomic E-state index is 9.16. The Morgan fingerprint density at radius 1 is 1.39 bits per heavy atom. The van der Waals surface area contributed by atoms with Gasteiger partial charge in [0.15, 0.2) is 0 Å². The monoisotopic (exact) mass is 240 g/mol. The molecule has 2 rings (SSSR count). The molecule has 0 atom stereocenters. The lowest BCUT2D eigenvalue weighted by atomic mass is 10.1. The first-order valence-corrected chi connectivity index (χ1v) is 5.82. The van der Waals surface area contributed by atoms with Gasteiger partial charge in [-0.05, 0) is 26.0 Å². The second-order valence-electron chi connectivity index (χ2n) is 5.03. The van der Waals surface area contributed by atoms with E-state index in [9.17, 15) is 0 Å². The molecule has 1 aromatic heterocycles. The summed E-state index contributed by atoms with van der Waals surface area (Å²) >= 11 is 0. The molecule has 3 N–H and O–H groups in total. The molecule has 92 valence electrons. The molecule has 0 fully saturated rings. The molecular formula is C14H16N4. The van der Waals surface area contributed by atoms with Gasteiger partial charge in [0.05, 0.1) is 17.1 Å². The molecule has 0 bridgehead atoms. The van der Waals surface area contributed by atoms with Crippen molar-refractivity contribution in [3.05, 3.63) is 35.9 Å². The second-order valence-corrected chi connectivity index (χ2v) is 5.03. The second kappa shape index (κ2) is 4.63. The van der Waals surface area contributed by atoms with Gasteiger partial charge in [0, 0.05) is 17.5 Å². The third kappa shape index (κ3) is 2.76. The molecular weight excluding hydrogens is 224 g/mol. The third-order valence-electron chi connectivity index (χ3n) is 2.56. The SMILES string of the molecule is CC(C)(N)CNc1cc(C#N)c2ccccc2n1. The van der Waals surface area contributed by atoms with Gasteiger partial charge >= 0.3 is 0 Å². The van der Waals surface area contributed by atoms with Crippen LogP contribution in [0.5, 0.6) is 0 Å². The summed E-state index contributed by atoms with van der Waals surface area (Å²) in [6.07, 6.45) is 0. The number of pyridine rings is 1. The van der Waals surface area contributed by atoms with Crippen LogP contribution in [0, 0.1) is 11.3 Å². The highest BCUT2D eigenvalue weighted by atomic mass is 15.0. The Morgan fingerprint density at radius 2 is 2.11 bits per heavy atom.